The average Bonchev–Trinajstić information content (AvgIpc) is 3.13. The Bertz CT molecular complexity index is 586. The molecule has 3 aliphatic rings. The van der Waals surface area contributed by atoms with E-state index in [0.717, 1.165) is 43.9 Å². The highest BCUT2D eigenvalue weighted by Gasteiger charge is 2.32. The molecular formula is C16H22N4S. The van der Waals surface area contributed by atoms with Crippen LogP contribution in [0.2, 0.25) is 0 Å². The summed E-state index contributed by atoms with van der Waals surface area (Å²) < 4.78 is 0. The minimum absolute atomic E-state index is 0.487. The number of anilines is 1. The smallest absolute Gasteiger partial charge is 0.139 e. The molecule has 1 aromatic heterocycles. The van der Waals surface area contributed by atoms with Gasteiger partial charge in [0, 0.05) is 31.4 Å². The minimum atomic E-state index is 0.487. The Morgan fingerprint density at radius 3 is 3.00 bits per heavy atom. The van der Waals surface area contributed by atoms with Crippen LogP contribution < -0.4 is 10.6 Å². The fourth-order valence-corrected chi connectivity index (χ4v) is 4.22. The van der Waals surface area contributed by atoms with E-state index >= 15 is 0 Å². The molecule has 1 aromatic rings. The van der Waals surface area contributed by atoms with Crippen molar-refractivity contribution in [2.75, 3.05) is 31.1 Å². The van der Waals surface area contributed by atoms with Gasteiger partial charge in [-0.2, -0.15) is 0 Å². The quantitative estimate of drug-likeness (QED) is 0.839. The van der Waals surface area contributed by atoms with E-state index in [1.165, 1.54) is 37.1 Å². The number of aryl methyl sites for hydroxylation is 2. The largest absolute Gasteiger partial charge is 0.389 e. The maximum absolute atomic E-state index is 5.98. The maximum atomic E-state index is 5.98. The molecule has 0 radical (unpaired) electrons. The van der Waals surface area contributed by atoms with Crippen LogP contribution in [0, 0.1) is 0 Å². The zero-order valence-electron chi connectivity index (χ0n) is 12.3. The number of hydrogen-bond donors (Lipinski definition) is 1. The van der Waals surface area contributed by atoms with Gasteiger partial charge in [0.15, 0.2) is 0 Å². The summed E-state index contributed by atoms with van der Waals surface area (Å²) >= 11 is 5.28. The molecule has 2 N–H and O–H groups in total. The van der Waals surface area contributed by atoms with Crippen LogP contribution in [0.1, 0.15) is 36.1 Å². The molecule has 5 heteroatoms. The third-order valence-electron chi connectivity index (χ3n) is 5.18. The molecule has 2 aliphatic heterocycles. The van der Waals surface area contributed by atoms with Crippen molar-refractivity contribution in [1.29, 1.82) is 0 Å². The van der Waals surface area contributed by atoms with Gasteiger partial charge in [-0.1, -0.05) is 12.2 Å². The summed E-state index contributed by atoms with van der Waals surface area (Å²) in [6.07, 6.45) is 6.07. The van der Waals surface area contributed by atoms with E-state index < -0.39 is 0 Å². The first-order chi connectivity index (χ1) is 10.2. The van der Waals surface area contributed by atoms with Gasteiger partial charge in [0.25, 0.3) is 0 Å². The lowest BCUT2D eigenvalue weighted by Gasteiger charge is -2.39. The summed E-state index contributed by atoms with van der Waals surface area (Å²) in [5, 5.41) is 0. The third kappa shape index (κ3) is 2.32. The number of hydrogen-bond acceptors (Lipinski definition) is 4. The summed E-state index contributed by atoms with van der Waals surface area (Å²) in [6.45, 7) is 4.51. The van der Waals surface area contributed by atoms with Gasteiger partial charge in [-0.3, -0.25) is 4.90 Å². The number of thiocarbonyl (C=S) groups is 1. The van der Waals surface area contributed by atoms with Gasteiger partial charge in [0.2, 0.25) is 0 Å². The lowest BCUT2D eigenvalue weighted by Crippen LogP contribution is -2.50. The van der Waals surface area contributed by atoms with E-state index in [1.807, 2.05) is 0 Å². The predicted molar refractivity (Wildman–Crippen MR) is 89.0 cm³/mol. The van der Waals surface area contributed by atoms with Gasteiger partial charge in [0.05, 0.1) is 5.56 Å². The van der Waals surface area contributed by atoms with Crippen LogP contribution in [-0.2, 0) is 12.8 Å². The van der Waals surface area contributed by atoms with Crippen molar-refractivity contribution in [2.45, 2.75) is 38.1 Å². The standard InChI is InChI=1S/C16H22N4S/c17-15(21)13-9-11-3-1-5-14(11)18-16(13)20-8-7-19-6-2-4-12(19)10-20/h9,12H,1-8,10H2,(H2,17,21). The fourth-order valence-electron chi connectivity index (χ4n) is 4.07. The Morgan fingerprint density at radius 2 is 2.14 bits per heavy atom. The van der Waals surface area contributed by atoms with Gasteiger partial charge in [-0.15, -0.1) is 0 Å². The first kappa shape index (κ1) is 13.5. The summed E-state index contributed by atoms with van der Waals surface area (Å²) in [7, 11) is 0. The molecule has 0 bridgehead atoms. The van der Waals surface area contributed by atoms with Crippen molar-refractivity contribution >= 4 is 23.0 Å². The van der Waals surface area contributed by atoms with Gasteiger partial charge < -0.3 is 10.6 Å². The minimum Gasteiger partial charge on any atom is -0.389 e. The predicted octanol–water partition coefficient (Wildman–Crippen LogP) is 1.49. The van der Waals surface area contributed by atoms with Crippen LogP contribution in [0.5, 0.6) is 0 Å². The molecule has 3 heterocycles. The highest BCUT2D eigenvalue weighted by atomic mass is 32.1. The van der Waals surface area contributed by atoms with Crippen molar-refractivity contribution in [3.63, 3.8) is 0 Å². The van der Waals surface area contributed by atoms with Crippen LogP contribution in [0.3, 0.4) is 0 Å². The first-order valence-corrected chi connectivity index (χ1v) is 8.45. The number of nitrogens with two attached hydrogens (primary N) is 1. The molecule has 0 aromatic carbocycles. The molecule has 2 fully saturated rings. The Labute approximate surface area is 131 Å². The second-order valence-electron chi connectivity index (χ2n) is 6.46. The summed E-state index contributed by atoms with van der Waals surface area (Å²) in [6, 6.07) is 2.89. The second kappa shape index (κ2) is 5.21. The SMILES string of the molecule is NC(=S)c1cc2c(nc1N1CCN3CCCC3C1)CCC2. The van der Waals surface area contributed by atoms with E-state index in [4.69, 9.17) is 22.9 Å². The molecule has 1 atom stereocenters. The number of fused-ring (bicyclic) bond motifs is 2. The van der Waals surface area contributed by atoms with Crippen LogP contribution >= 0.6 is 12.2 Å². The molecule has 0 spiro atoms. The van der Waals surface area contributed by atoms with Gasteiger partial charge >= 0.3 is 0 Å². The Balaban J connectivity index is 1.68. The second-order valence-corrected chi connectivity index (χ2v) is 6.90. The molecule has 1 unspecified atom stereocenters. The monoisotopic (exact) mass is 302 g/mol. The Hall–Kier alpha value is -1.20. The molecule has 21 heavy (non-hydrogen) atoms. The summed E-state index contributed by atoms with van der Waals surface area (Å²) in [5.41, 5.74) is 9.57. The fraction of sp³-hybridized carbons (Fsp3) is 0.625. The highest BCUT2D eigenvalue weighted by molar-refractivity contribution is 7.80. The van der Waals surface area contributed by atoms with Crippen LogP contribution in [0.15, 0.2) is 6.07 Å². The molecule has 0 saturated carbocycles. The molecule has 2 saturated heterocycles. The molecule has 4 rings (SSSR count). The van der Waals surface area contributed by atoms with Gasteiger partial charge in [-0.05, 0) is 50.3 Å². The molecule has 1 aliphatic carbocycles. The normalized spacial score (nSPS) is 25.0. The van der Waals surface area contributed by atoms with Crippen molar-refractivity contribution in [3.8, 4) is 0 Å². The summed E-state index contributed by atoms with van der Waals surface area (Å²) in [5.74, 6) is 1.04. The molecular weight excluding hydrogens is 280 g/mol. The number of nitrogens with zero attached hydrogens (tertiary/aromatic N) is 3. The zero-order chi connectivity index (χ0) is 14.4. The highest BCUT2D eigenvalue weighted by Crippen LogP contribution is 2.30. The van der Waals surface area contributed by atoms with E-state index in [0.29, 0.717) is 11.0 Å². The van der Waals surface area contributed by atoms with Crippen molar-refractivity contribution in [2.24, 2.45) is 5.73 Å². The average molecular weight is 302 g/mol. The van der Waals surface area contributed by atoms with E-state index in [-0.39, 0.29) is 0 Å². The van der Waals surface area contributed by atoms with Gasteiger partial charge in [0.1, 0.15) is 10.8 Å². The van der Waals surface area contributed by atoms with E-state index in [2.05, 4.69) is 15.9 Å². The van der Waals surface area contributed by atoms with E-state index in [9.17, 15) is 0 Å². The van der Waals surface area contributed by atoms with Crippen LogP contribution in [0.25, 0.3) is 0 Å². The van der Waals surface area contributed by atoms with Crippen LogP contribution in [-0.4, -0.2) is 47.1 Å². The van der Waals surface area contributed by atoms with Crippen molar-refractivity contribution in [3.05, 3.63) is 22.9 Å². The summed E-state index contributed by atoms with van der Waals surface area (Å²) in [4.78, 5) is 10.5. The Morgan fingerprint density at radius 1 is 1.24 bits per heavy atom. The van der Waals surface area contributed by atoms with Crippen LogP contribution in [0.4, 0.5) is 5.82 Å². The van der Waals surface area contributed by atoms with Gasteiger partial charge in [-0.25, -0.2) is 4.98 Å². The lowest BCUT2D eigenvalue weighted by molar-refractivity contribution is 0.230. The lowest BCUT2D eigenvalue weighted by atomic mass is 10.1. The number of pyridine rings is 1. The molecule has 4 nitrogen and oxygen atoms in total. The molecule has 112 valence electrons. The van der Waals surface area contributed by atoms with Crippen molar-refractivity contribution < 1.29 is 0 Å². The zero-order valence-corrected chi connectivity index (χ0v) is 13.2. The Kier molecular flexibility index (Phi) is 3.34. The number of piperazine rings is 1. The molecule has 0 amide bonds. The maximum Gasteiger partial charge on any atom is 0.139 e. The topological polar surface area (TPSA) is 45.4 Å². The van der Waals surface area contributed by atoms with E-state index in [1.54, 1.807) is 0 Å². The number of aromatic nitrogens is 1. The number of rotatable bonds is 2. The van der Waals surface area contributed by atoms with Crippen molar-refractivity contribution in [1.82, 2.24) is 9.88 Å². The third-order valence-corrected chi connectivity index (χ3v) is 5.40. The first-order valence-electron chi connectivity index (χ1n) is 8.04.